The van der Waals surface area contributed by atoms with Crippen molar-refractivity contribution in [2.75, 3.05) is 13.1 Å². The van der Waals surface area contributed by atoms with Crippen LogP contribution in [0.3, 0.4) is 0 Å². The minimum Gasteiger partial charge on any atom is -0.390 e. The Kier molecular flexibility index (Phi) is 2.79. The first-order chi connectivity index (χ1) is 6.92. The topological polar surface area (TPSA) is 83.6 Å². The molecule has 6 heteroatoms. The average Bonchev–Trinajstić information content (AvgIpc) is 2.14. The molecule has 1 aliphatic carbocycles. The number of piperidine rings is 1. The van der Waals surface area contributed by atoms with Crippen LogP contribution in [0.25, 0.3) is 0 Å². The molecular formula is C9H18N2O3S. The molecule has 2 rings (SSSR count). The van der Waals surface area contributed by atoms with E-state index in [4.69, 9.17) is 5.14 Å². The molecular weight excluding hydrogens is 216 g/mol. The summed E-state index contributed by atoms with van der Waals surface area (Å²) in [4.78, 5) is 0. The van der Waals surface area contributed by atoms with Gasteiger partial charge in [0.15, 0.2) is 0 Å². The lowest BCUT2D eigenvalue weighted by Gasteiger charge is -2.46. The predicted octanol–water partition coefficient (Wildman–Crippen LogP) is -0.183. The summed E-state index contributed by atoms with van der Waals surface area (Å²) in [6.45, 7) is 0.737. The Morgan fingerprint density at radius 2 is 2.07 bits per heavy atom. The maximum atomic E-state index is 11.2. The van der Waals surface area contributed by atoms with Crippen molar-refractivity contribution in [1.29, 1.82) is 0 Å². The third-order valence-electron chi connectivity index (χ3n) is 3.75. The van der Waals surface area contributed by atoms with E-state index in [1.807, 2.05) is 0 Å². The molecule has 0 bridgehead atoms. The summed E-state index contributed by atoms with van der Waals surface area (Å²) in [5.41, 5.74) is -0.639. The van der Waals surface area contributed by atoms with E-state index in [-0.39, 0.29) is 5.92 Å². The third kappa shape index (κ3) is 2.18. The summed E-state index contributed by atoms with van der Waals surface area (Å²) < 4.78 is 23.7. The van der Waals surface area contributed by atoms with Gasteiger partial charge in [0.05, 0.1) is 5.60 Å². The number of nitrogens with two attached hydrogens (primary N) is 1. The molecule has 15 heavy (non-hydrogen) atoms. The van der Waals surface area contributed by atoms with Crippen LogP contribution in [0.15, 0.2) is 0 Å². The standard InChI is InChI=1S/C9H18N2O3S/c10-15(13,14)11-6-5-9(12)4-2-1-3-8(9)7-11/h8,12H,1-7H2,(H2,10,13,14). The lowest BCUT2D eigenvalue weighted by Crippen LogP contribution is -2.55. The number of rotatable bonds is 1. The van der Waals surface area contributed by atoms with E-state index in [1.54, 1.807) is 0 Å². The summed E-state index contributed by atoms with van der Waals surface area (Å²) >= 11 is 0. The maximum absolute atomic E-state index is 11.2. The molecule has 2 aliphatic rings. The van der Waals surface area contributed by atoms with Gasteiger partial charge < -0.3 is 5.11 Å². The van der Waals surface area contributed by atoms with E-state index in [1.165, 1.54) is 4.31 Å². The Labute approximate surface area is 90.4 Å². The molecule has 1 saturated carbocycles. The quantitative estimate of drug-likeness (QED) is 0.660. The van der Waals surface area contributed by atoms with Gasteiger partial charge in [-0.2, -0.15) is 12.7 Å². The fourth-order valence-corrected chi connectivity index (χ4v) is 3.51. The number of fused-ring (bicyclic) bond motifs is 1. The Bertz CT molecular complexity index is 343. The van der Waals surface area contributed by atoms with Gasteiger partial charge in [-0.3, -0.25) is 0 Å². The summed E-state index contributed by atoms with van der Waals surface area (Å²) in [5.74, 6) is 0.0679. The van der Waals surface area contributed by atoms with Crippen LogP contribution in [0.4, 0.5) is 0 Å². The van der Waals surface area contributed by atoms with E-state index in [9.17, 15) is 13.5 Å². The molecule has 0 aromatic carbocycles. The summed E-state index contributed by atoms with van der Waals surface area (Å²) in [7, 11) is -3.58. The van der Waals surface area contributed by atoms with Crippen molar-refractivity contribution < 1.29 is 13.5 Å². The second-order valence-electron chi connectivity index (χ2n) is 4.70. The van der Waals surface area contributed by atoms with Gasteiger partial charge in [0.2, 0.25) is 0 Å². The molecule has 5 nitrogen and oxygen atoms in total. The van der Waals surface area contributed by atoms with Gasteiger partial charge in [0.25, 0.3) is 10.2 Å². The highest BCUT2D eigenvalue weighted by atomic mass is 32.2. The molecule has 0 radical (unpaired) electrons. The van der Waals surface area contributed by atoms with Gasteiger partial charge in [0.1, 0.15) is 0 Å². The largest absolute Gasteiger partial charge is 0.390 e. The molecule has 0 amide bonds. The minimum atomic E-state index is -3.58. The Hall–Kier alpha value is -0.170. The van der Waals surface area contributed by atoms with Crippen molar-refractivity contribution in [1.82, 2.24) is 4.31 Å². The van der Waals surface area contributed by atoms with Crippen LogP contribution in [0.2, 0.25) is 0 Å². The maximum Gasteiger partial charge on any atom is 0.276 e. The summed E-state index contributed by atoms with van der Waals surface area (Å²) in [5, 5.41) is 15.4. The fourth-order valence-electron chi connectivity index (χ4n) is 2.77. The van der Waals surface area contributed by atoms with E-state index in [0.717, 1.165) is 25.7 Å². The molecule has 1 heterocycles. The second kappa shape index (κ2) is 3.69. The molecule has 0 aromatic heterocycles. The smallest absolute Gasteiger partial charge is 0.276 e. The van der Waals surface area contributed by atoms with E-state index in [0.29, 0.717) is 19.5 Å². The van der Waals surface area contributed by atoms with Crippen molar-refractivity contribution >= 4 is 10.2 Å². The lowest BCUT2D eigenvalue weighted by molar-refractivity contribution is -0.0816. The van der Waals surface area contributed by atoms with E-state index in [2.05, 4.69) is 0 Å². The van der Waals surface area contributed by atoms with Crippen LogP contribution >= 0.6 is 0 Å². The third-order valence-corrected chi connectivity index (χ3v) is 4.80. The van der Waals surface area contributed by atoms with Crippen molar-refractivity contribution in [2.24, 2.45) is 11.1 Å². The number of aliphatic hydroxyl groups is 1. The highest BCUT2D eigenvalue weighted by Gasteiger charge is 2.44. The first-order valence-corrected chi connectivity index (χ1v) is 6.92. The lowest BCUT2D eigenvalue weighted by atomic mass is 9.72. The van der Waals surface area contributed by atoms with Gasteiger partial charge in [-0.15, -0.1) is 0 Å². The normalized spacial score (nSPS) is 38.7. The molecule has 2 unspecified atom stereocenters. The molecule has 1 saturated heterocycles. The summed E-state index contributed by atoms with van der Waals surface area (Å²) in [6.07, 6.45) is 4.35. The van der Waals surface area contributed by atoms with Crippen LogP contribution in [0.5, 0.6) is 0 Å². The van der Waals surface area contributed by atoms with Crippen molar-refractivity contribution in [2.45, 2.75) is 37.7 Å². The van der Waals surface area contributed by atoms with Crippen molar-refractivity contribution in [3.63, 3.8) is 0 Å². The number of hydrogen-bond donors (Lipinski definition) is 2. The van der Waals surface area contributed by atoms with Gasteiger partial charge >= 0.3 is 0 Å². The Morgan fingerprint density at radius 1 is 1.33 bits per heavy atom. The first-order valence-electron chi connectivity index (χ1n) is 5.42. The van der Waals surface area contributed by atoms with Crippen LogP contribution in [-0.4, -0.2) is 36.5 Å². The first kappa shape index (κ1) is 11.3. The van der Waals surface area contributed by atoms with Gasteiger partial charge in [-0.25, -0.2) is 5.14 Å². The Balaban J connectivity index is 2.12. The Morgan fingerprint density at radius 3 is 2.73 bits per heavy atom. The summed E-state index contributed by atoms with van der Waals surface area (Å²) in [6, 6.07) is 0. The number of hydrogen-bond acceptors (Lipinski definition) is 3. The van der Waals surface area contributed by atoms with Crippen LogP contribution in [-0.2, 0) is 10.2 Å². The fraction of sp³-hybridized carbons (Fsp3) is 1.00. The molecule has 3 N–H and O–H groups in total. The van der Waals surface area contributed by atoms with Gasteiger partial charge in [-0.1, -0.05) is 12.8 Å². The van der Waals surface area contributed by atoms with Gasteiger partial charge in [-0.05, 0) is 19.3 Å². The molecule has 2 fully saturated rings. The van der Waals surface area contributed by atoms with Gasteiger partial charge in [0, 0.05) is 19.0 Å². The minimum absolute atomic E-state index is 0.0679. The van der Waals surface area contributed by atoms with Crippen molar-refractivity contribution in [3.05, 3.63) is 0 Å². The number of nitrogens with zero attached hydrogens (tertiary/aromatic N) is 1. The SMILES string of the molecule is NS(=O)(=O)N1CCC2(O)CCCCC2C1. The molecule has 0 spiro atoms. The average molecular weight is 234 g/mol. The van der Waals surface area contributed by atoms with Crippen LogP contribution in [0.1, 0.15) is 32.1 Å². The zero-order valence-electron chi connectivity index (χ0n) is 8.72. The highest BCUT2D eigenvalue weighted by molar-refractivity contribution is 7.86. The van der Waals surface area contributed by atoms with E-state index < -0.39 is 15.8 Å². The van der Waals surface area contributed by atoms with E-state index >= 15 is 0 Å². The predicted molar refractivity (Wildman–Crippen MR) is 56.2 cm³/mol. The highest BCUT2D eigenvalue weighted by Crippen LogP contribution is 2.39. The molecule has 2 atom stereocenters. The molecule has 88 valence electrons. The molecule has 0 aromatic rings. The zero-order valence-corrected chi connectivity index (χ0v) is 9.54. The zero-order chi connectivity index (χ0) is 11.1. The van der Waals surface area contributed by atoms with Crippen molar-refractivity contribution in [3.8, 4) is 0 Å². The van der Waals surface area contributed by atoms with Crippen LogP contribution in [0, 0.1) is 5.92 Å². The monoisotopic (exact) mass is 234 g/mol. The van der Waals surface area contributed by atoms with Crippen LogP contribution < -0.4 is 5.14 Å². The second-order valence-corrected chi connectivity index (χ2v) is 6.25. The molecule has 1 aliphatic heterocycles.